The van der Waals surface area contributed by atoms with Crippen LogP contribution in [0.4, 0.5) is 5.69 Å². The Balaban J connectivity index is 0.00000312. The molecular formula is C19H31IN4O. The highest BCUT2D eigenvalue weighted by Gasteiger charge is 2.16. The zero-order valence-electron chi connectivity index (χ0n) is 15.5. The van der Waals surface area contributed by atoms with Crippen molar-refractivity contribution >= 4 is 41.5 Å². The second kappa shape index (κ2) is 10.6. The Kier molecular flexibility index (Phi) is 9.24. The zero-order chi connectivity index (χ0) is 17.5. The predicted octanol–water partition coefficient (Wildman–Crippen LogP) is 3.84. The first-order valence-electron chi connectivity index (χ1n) is 8.87. The first-order valence-corrected chi connectivity index (χ1v) is 8.87. The van der Waals surface area contributed by atoms with Crippen molar-refractivity contribution in [3.8, 4) is 0 Å². The average molecular weight is 458 g/mol. The van der Waals surface area contributed by atoms with E-state index in [4.69, 9.17) is 5.73 Å². The number of nitrogens with one attached hydrogen (secondary N) is 1. The zero-order valence-corrected chi connectivity index (χ0v) is 17.8. The van der Waals surface area contributed by atoms with Crippen molar-refractivity contribution < 1.29 is 4.79 Å². The number of benzene rings is 1. The summed E-state index contributed by atoms with van der Waals surface area (Å²) in [4.78, 5) is 18.5. The van der Waals surface area contributed by atoms with Gasteiger partial charge in [-0.3, -0.25) is 4.79 Å². The van der Waals surface area contributed by atoms with Crippen LogP contribution in [0.25, 0.3) is 0 Å². The summed E-state index contributed by atoms with van der Waals surface area (Å²) in [7, 11) is 0. The number of hydrogen-bond donors (Lipinski definition) is 2. The number of aliphatic imine (C=N–C) groups is 1. The molecule has 1 amide bonds. The molecule has 5 nitrogen and oxygen atoms in total. The Morgan fingerprint density at radius 3 is 2.68 bits per heavy atom. The minimum absolute atomic E-state index is 0. The lowest BCUT2D eigenvalue weighted by molar-refractivity contribution is -0.116. The highest BCUT2D eigenvalue weighted by Crippen LogP contribution is 2.16. The van der Waals surface area contributed by atoms with Crippen molar-refractivity contribution in [3.05, 3.63) is 29.8 Å². The molecule has 2 rings (SSSR count). The van der Waals surface area contributed by atoms with Gasteiger partial charge in [-0.05, 0) is 42.4 Å². The SMILES string of the molecule is CC(C)CC(=O)Nc1cccc(CN=C(N)N2CCC(C)CC2)c1.I. The monoisotopic (exact) mass is 458 g/mol. The van der Waals surface area contributed by atoms with E-state index in [-0.39, 0.29) is 29.9 Å². The molecule has 1 aromatic rings. The third-order valence-electron chi connectivity index (χ3n) is 4.34. The van der Waals surface area contributed by atoms with E-state index in [0.717, 1.165) is 30.3 Å². The van der Waals surface area contributed by atoms with Gasteiger partial charge in [0.25, 0.3) is 0 Å². The number of amides is 1. The summed E-state index contributed by atoms with van der Waals surface area (Å²) in [5.74, 6) is 1.80. The van der Waals surface area contributed by atoms with Crippen LogP contribution in [0, 0.1) is 11.8 Å². The maximum absolute atomic E-state index is 11.9. The van der Waals surface area contributed by atoms with Crippen LogP contribution in [0.1, 0.15) is 45.6 Å². The van der Waals surface area contributed by atoms with E-state index in [9.17, 15) is 4.79 Å². The van der Waals surface area contributed by atoms with Crippen LogP contribution in [0.5, 0.6) is 0 Å². The number of piperidine rings is 1. The van der Waals surface area contributed by atoms with Gasteiger partial charge in [0, 0.05) is 25.2 Å². The van der Waals surface area contributed by atoms with E-state index in [1.54, 1.807) is 0 Å². The third kappa shape index (κ3) is 7.63. The average Bonchev–Trinajstić information content (AvgIpc) is 2.53. The summed E-state index contributed by atoms with van der Waals surface area (Å²) in [6.07, 6.45) is 2.88. The Labute approximate surface area is 168 Å². The van der Waals surface area contributed by atoms with Gasteiger partial charge >= 0.3 is 0 Å². The van der Waals surface area contributed by atoms with Crippen molar-refractivity contribution in [1.82, 2.24) is 4.90 Å². The summed E-state index contributed by atoms with van der Waals surface area (Å²) in [5.41, 5.74) is 7.99. The van der Waals surface area contributed by atoms with Gasteiger partial charge in [0.15, 0.2) is 5.96 Å². The summed E-state index contributed by atoms with van der Waals surface area (Å²) in [5, 5.41) is 2.94. The molecule has 6 heteroatoms. The summed E-state index contributed by atoms with van der Waals surface area (Å²) < 4.78 is 0. The maximum atomic E-state index is 11.9. The van der Waals surface area contributed by atoms with Gasteiger partial charge in [0.1, 0.15) is 0 Å². The van der Waals surface area contributed by atoms with E-state index >= 15 is 0 Å². The number of rotatable bonds is 5. The van der Waals surface area contributed by atoms with Gasteiger partial charge in [-0.1, -0.05) is 32.9 Å². The number of carbonyl (C=O) groups is 1. The first kappa shape index (κ1) is 21.7. The molecule has 25 heavy (non-hydrogen) atoms. The van der Waals surface area contributed by atoms with E-state index in [1.807, 2.05) is 38.1 Å². The number of carbonyl (C=O) groups excluding carboxylic acids is 1. The van der Waals surface area contributed by atoms with Crippen LogP contribution in [0.15, 0.2) is 29.3 Å². The molecule has 0 unspecified atom stereocenters. The van der Waals surface area contributed by atoms with Crippen molar-refractivity contribution in [2.45, 2.75) is 46.6 Å². The fraction of sp³-hybridized carbons (Fsp3) is 0.579. The van der Waals surface area contributed by atoms with Gasteiger partial charge in [0.2, 0.25) is 5.91 Å². The number of guanidine groups is 1. The standard InChI is InChI=1S/C19H30N4O.HI/c1-14(2)11-18(24)22-17-6-4-5-16(12-17)13-21-19(20)23-9-7-15(3)8-10-23;/h4-6,12,14-15H,7-11,13H2,1-3H3,(H2,20,21)(H,22,24);1H. The first-order chi connectivity index (χ1) is 11.4. The van der Waals surface area contributed by atoms with Crippen LogP contribution in [0.2, 0.25) is 0 Å². The highest BCUT2D eigenvalue weighted by molar-refractivity contribution is 14.0. The molecule has 1 saturated heterocycles. The van der Waals surface area contributed by atoms with Crippen LogP contribution >= 0.6 is 24.0 Å². The maximum Gasteiger partial charge on any atom is 0.224 e. The molecule has 0 aromatic heterocycles. The smallest absolute Gasteiger partial charge is 0.224 e. The van der Waals surface area contributed by atoms with Crippen LogP contribution in [-0.2, 0) is 11.3 Å². The topological polar surface area (TPSA) is 70.7 Å². The minimum Gasteiger partial charge on any atom is -0.370 e. The van der Waals surface area contributed by atoms with Gasteiger partial charge in [-0.15, -0.1) is 24.0 Å². The van der Waals surface area contributed by atoms with Crippen molar-refractivity contribution in [3.63, 3.8) is 0 Å². The van der Waals surface area contributed by atoms with Crippen LogP contribution in [0.3, 0.4) is 0 Å². The molecule has 1 fully saturated rings. The lowest BCUT2D eigenvalue weighted by Crippen LogP contribution is -2.42. The molecule has 0 radical (unpaired) electrons. The molecule has 1 heterocycles. The van der Waals surface area contributed by atoms with E-state index < -0.39 is 0 Å². The fourth-order valence-corrected chi connectivity index (χ4v) is 2.84. The molecule has 1 aromatic carbocycles. The quantitative estimate of drug-likeness (QED) is 0.400. The second-order valence-corrected chi connectivity index (χ2v) is 7.19. The second-order valence-electron chi connectivity index (χ2n) is 7.19. The largest absolute Gasteiger partial charge is 0.370 e. The molecule has 0 aliphatic carbocycles. The number of anilines is 1. The van der Waals surface area contributed by atoms with E-state index in [2.05, 4.69) is 22.1 Å². The lowest BCUT2D eigenvalue weighted by atomic mass is 10.00. The van der Waals surface area contributed by atoms with Crippen molar-refractivity contribution in [1.29, 1.82) is 0 Å². The Morgan fingerprint density at radius 1 is 1.36 bits per heavy atom. The Hall–Kier alpha value is -1.31. The Bertz CT molecular complexity index is 581. The summed E-state index contributed by atoms with van der Waals surface area (Å²) >= 11 is 0. The molecule has 1 aliphatic heterocycles. The third-order valence-corrected chi connectivity index (χ3v) is 4.34. The molecule has 0 saturated carbocycles. The van der Waals surface area contributed by atoms with Crippen LogP contribution < -0.4 is 11.1 Å². The number of likely N-dealkylation sites (tertiary alicyclic amines) is 1. The van der Waals surface area contributed by atoms with Gasteiger partial charge < -0.3 is 16.0 Å². The lowest BCUT2D eigenvalue weighted by Gasteiger charge is -2.31. The van der Waals surface area contributed by atoms with E-state index in [0.29, 0.717) is 24.8 Å². The normalized spacial score (nSPS) is 15.8. The van der Waals surface area contributed by atoms with Gasteiger partial charge in [-0.25, -0.2) is 4.99 Å². The number of halogens is 1. The minimum atomic E-state index is 0. The number of nitrogens with zero attached hydrogens (tertiary/aromatic N) is 2. The molecule has 1 aliphatic rings. The molecule has 0 bridgehead atoms. The van der Waals surface area contributed by atoms with Crippen LogP contribution in [-0.4, -0.2) is 29.9 Å². The molecule has 3 N–H and O–H groups in total. The van der Waals surface area contributed by atoms with E-state index in [1.165, 1.54) is 12.8 Å². The molecule has 0 atom stereocenters. The van der Waals surface area contributed by atoms with Crippen molar-refractivity contribution in [2.75, 3.05) is 18.4 Å². The Morgan fingerprint density at radius 2 is 2.04 bits per heavy atom. The molecular weight excluding hydrogens is 427 g/mol. The van der Waals surface area contributed by atoms with Gasteiger partial charge in [-0.2, -0.15) is 0 Å². The molecule has 140 valence electrons. The summed E-state index contributed by atoms with van der Waals surface area (Å²) in [6, 6.07) is 7.82. The molecule has 0 spiro atoms. The number of hydrogen-bond acceptors (Lipinski definition) is 2. The van der Waals surface area contributed by atoms with Crippen molar-refractivity contribution in [2.24, 2.45) is 22.6 Å². The number of nitrogens with two attached hydrogens (primary N) is 1. The highest BCUT2D eigenvalue weighted by atomic mass is 127. The summed E-state index contributed by atoms with van der Waals surface area (Å²) in [6.45, 7) is 8.86. The van der Waals surface area contributed by atoms with Gasteiger partial charge in [0.05, 0.1) is 6.54 Å². The fourth-order valence-electron chi connectivity index (χ4n) is 2.84. The predicted molar refractivity (Wildman–Crippen MR) is 115 cm³/mol.